The number of hydrogen-bond donors (Lipinski definition) is 1. The van der Waals surface area contributed by atoms with Crippen LogP contribution in [0.5, 0.6) is 5.75 Å². The SMILES string of the molecule is O=Cc1c(O)cccc1-c1ccc2ccc3cccc4ccc1c2c34. The molecular weight excluding hydrogens is 308 g/mol. The summed E-state index contributed by atoms with van der Waals surface area (Å²) in [5.74, 6) is 0.0122. The highest BCUT2D eigenvalue weighted by Crippen LogP contribution is 2.40. The summed E-state index contributed by atoms with van der Waals surface area (Å²) in [5, 5.41) is 17.2. The minimum Gasteiger partial charge on any atom is -0.507 e. The number of benzene rings is 5. The molecule has 0 aliphatic rings. The lowest BCUT2D eigenvalue weighted by molar-refractivity contribution is 0.112. The number of phenols is 1. The van der Waals surface area contributed by atoms with Gasteiger partial charge >= 0.3 is 0 Å². The van der Waals surface area contributed by atoms with Crippen molar-refractivity contribution in [1.82, 2.24) is 0 Å². The van der Waals surface area contributed by atoms with Crippen LogP contribution in [-0.2, 0) is 0 Å². The van der Waals surface area contributed by atoms with E-state index < -0.39 is 0 Å². The van der Waals surface area contributed by atoms with E-state index in [-0.39, 0.29) is 5.75 Å². The van der Waals surface area contributed by atoms with Crippen LogP contribution in [0.4, 0.5) is 0 Å². The summed E-state index contributed by atoms with van der Waals surface area (Å²) in [4.78, 5) is 11.5. The fourth-order valence-corrected chi connectivity index (χ4v) is 3.88. The predicted octanol–water partition coefficient (Wildman–Crippen LogP) is 5.77. The van der Waals surface area contributed by atoms with Crippen molar-refractivity contribution in [3.05, 3.63) is 78.4 Å². The fraction of sp³-hybridized carbons (Fsp3) is 0. The second-order valence-corrected chi connectivity index (χ2v) is 6.33. The minimum absolute atomic E-state index is 0.0122. The Balaban J connectivity index is 1.99. The number of aldehydes is 1. The Hall–Kier alpha value is -3.39. The zero-order chi connectivity index (χ0) is 17.0. The van der Waals surface area contributed by atoms with Crippen molar-refractivity contribution < 1.29 is 9.90 Å². The molecule has 0 saturated heterocycles. The number of aromatic hydroxyl groups is 1. The molecule has 118 valence electrons. The first-order valence-electron chi connectivity index (χ1n) is 8.22. The molecule has 0 spiro atoms. The third-order valence-electron chi connectivity index (χ3n) is 5.02. The lowest BCUT2D eigenvalue weighted by Crippen LogP contribution is -1.91. The lowest BCUT2D eigenvalue weighted by atomic mass is 9.88. The van der Waals surface area contributed by atoms with Crippen LogP contribution in [0.15, 0.2) is 72.8 Å². The van der Waals surface area contributed by atoms with Crippen molar-refractivity contribution in [2.24, 2.45) is 0 Å². The van der Waals surface area contributed by atoms with Gasteiger partial charge in [-0.15, -0.1) is 0 Å². The Labute approximate surface area is 144 Å². The zero-order valence-corrected chi connectivity index (χ0v) is 13.4. The first-order chi connectivity index (χ1) is 12.3. The van der Waals surface area contributed by atoms with Crippen LogP contribution in [0.1, 0.15) is 10.4 Å². The van der Waals surface area contributed by atoms with Gasteiger partial charge in [-0.25, -0.2) is 0 Å². The lowest BCUT2D eigenvalue weighted by Gasteiger charge is -2.15. The van der Waals surface area contributed by atoms with E-state index in [9.17, 15) is 9.90 Å². The smallest absolute Gasteiger partial charge is 0.154 e. The van der Waals surface area contributed by atoms with Gasteiger partial charge in [-0.3, -0.25) is 4.79 Å². The third kappa shape index (κ3) is 1.88. The van der Waals surface area contributed by atoms with Gasteiger partial charge in [-0.05, 0) is 49.5 Å². The number of hydrogen-bond acceptors (Lipinski definition) is 2. The molecule has 5 rings (SSSR count). The topological polar surface area (TPSA) is 37.3 Å². The van der Waals surface area contributed by atoms with Gasteiger partial charge in [0.2, 0.25) is 0 Å². The number of carbonyl (C=O) groups is 1. The van der Waals surface area contributed by atoms with E-state index in [4.69, 9.17) is 0 Å². The van der Waals surface area contributed by atoms with E-state index >= 15 is 0 Å². The minimum atomic E-state index is 0.0122. The maximum atomic E-state index is 11.5. The highest BCUT2D eigenvalue weighted by molar-refractivity contribution is 6.25. The second kappa shape index (κ2) is 5.05. The Morgan fingerprint density at radius 1 is 0.640 bits per heavy atom. The number of carbonyl (C=O) groups excluding carboxylic acids is 1. The quantitative estimate of drug-likeness (QED) is 0.331. The van der Waals surface area contributed by atoms with E-state index in [2.05, 4.69) is 48.5 Å². The Morgan fingerprint density at radius 2 is 1.28 bits per heavy atom. The average molecular weight is 322 g/mol. The fourth-order valence-electron chi connectivity index (χ4n) is 3.88. The molecule has 5 aromatic carbocycles. The van der Waals surface area contributed by atoms with Crippen LogP contribution in [0, 0.1) is 0 Å². The Kier molecular flexibility index (Phi) is 2.83. The molecule has 0 heterocycles. The molecule has 0 amide bonds. The highest BCUT2D eigenvalue weighted by atomic mass is 16.3. The van der Waals surface area contributed by atoms with Crippen molar-refractivity contribution in [1.29, 1.82) is 0 Å². The highest BCUT2D eigenvalue weighted by Gasteiger charge is 2.15. The van der Waals surface area contributed by atoms with Gasteiger partial charge in [0.05, 0.1) is 5.56 Å². The first kappa shape index (κ1) is 14.0. The molecule has 25 heavy (non-hydrogen) atoms. The zero-order valence-electron chi connectivity index (χ0n) is 13.4. The van der Waals surface area contributed by atoms with Gasteiger partial charge in [-0.1, -0.05) is 66.7 Å². The maximum Gasteiger partial charge on any atom is 0.154 e. The molecule has 0 aliphatic heterocycles. The van der Waals surface area contributed by atoms with Crippen LogP contribution < -0.4 is 0 Å². The van der Waals surface area contributed by atoms with E-state index in [1.165, 1.54) is 26.9 Å². The van der Waals surface area contributed by atoms with E-state index in [1.807, 2.05) is 12.1 Å². The van der Waals surface area contributed by atoms with Crippen LogP contribution in [0.3, 0.4) is 0 Å². The summed E-state index contributed by atoms with van der Waals surface area (Å²) in [6.45, 7) is 0. The van der Waals surface area contributed by atoms with Gasteiger partial charge < -0.3 is 5.11 Å². The van der Waals surface area contributed by atoms with Crippen molar-refractivity contribution in [3.63, 3.8) is 0 Å². The number of rotatable bonds is 2. The molecule has 0 radical (unpaired) electrons. The normalized spacial score (nSPS) is 11.5. The van der Waals surface area contributed by atoms with Gasteiger partial charge in [0.1, 0.15) is 5.75 Å². The van der Waals surface area contributed by atoms with Gasteiger partial charge in [0, 0.05) is 0 Å². The van der Waals surface area contributed by atoms with Crippen LogP contribution in [0.2, 0.25) is 0 Å². The predicted molar refractivity (Wildman–Crippen MR) is 103 cm³/mol. The average Bonchev–Trinajstić information content (AvgIpc) is 2.66. The Morgan fingerprint density at radius 3 is 2.04 bits per heavy atom. The molecule has 5 aromatic rings. The summed E-state index contributed by atoms with van der Waals surface area (Å²) in [7, 11) is 0. The molecule has 2 nitrogen and oxygen atoms in total. The van der Waals surface area contributed by atoms with E-state index in [0.717, 1.165) is 22.8 Å². The molecule has 0 fully saturated rings. The van der Waals surface area contributed by atoms with Crippen LogP contribution in [-0.4, -0.2) is 11.4 Å². The van der Waals surface area contributed by atoms with Crippen molar-refractivity contribution in [3.8, 4) is 16.9 Å². The second-order valence-electron chi connectivity index (χ2n) is 6.33. The molecule has 0 bridgehead atoms. The van der Waals surface area contributed by atoms with E-state index in [0.29, 0.717) is 5.56 Å². The molecule has 0 aromatic heterocycles. The molecular formula is C23H14O2. The van der Waals surface area contributed by atoms with Crippen molar-refractivity contribution in [2.45, 2.75) is 0 Å². The van der Waals surface area contributed by atoms with Crippen LogP contribution >= 0.6 is 0 Å². The molecule has 1 N–H and O–H groups in total. The Bertz CT molecular complexity index is 1250. The van der Waals surface area contributed by atoms with Crippen LogP contribution in [0.25, 0.3) is 43.4 Å². The largest absolute Gasteiger partial charge is 0.507 e. The summed E-state index contributed by atoms with van der Waals surface area (Å²) < 4.78 is 0. The summed E-state index contributed by atoms with van der Waals surface area (Å²) in [6, 6.07) is 24.2. The molecule has 0 saturated carbocycles. The van der Waals surface area contributed by atoms with Gasteiger partial charge in [0.25, 0.3) is 0 Å². The molecule has 0 unspecified atom stereocenters. The maximum absolute atomic E-state index is 11.5. The first-order valence-corrected chi connectivity index (χ1v) is 8.22. The van der Waals surface area contributed by atoms with E-state index in [1.54, 1.807) is 12.1 Å². The van der Waals surface area contributed by atoms with Gasteiger partial charge in [-0.2, -0.15) is 0 Å². The third-order valence-corrected chi connectivity index (χ3v) is 5.02. The van der Waals surface area contributed by atoms with Gasteiger partial charge in [0.15, 0.2) is 6.29 Å². The standard InChI is InChI=1S/C23H14O2/c24-13-20-17(5-2-6-21(20)25)18-11-9-16-8-7-14-3-1-4-15-10-12-19(18)23(16)22(14)15/h1-13,25H. The van der Waals surface area contributed by atoms with Crippen molar-refractivity contribution >= 4 is 38.6 Å². The monoisotopic (exact) mass is 322 g/mol. The molecule has 2 heteroatoms. The number of phenolic OH excluding ortho intramolecular Hbond substituents is 1. The summed E-state index contributed by atoms with van der Waals surface area (Å²) in [5.41, 5.74) is 2.05. The summed E-state index contributed by atoms with van der Waals surface area (Å²) >= 11 is 0. The summed E-state index contributed by atoms with van der Waals surface area (Å²) in [6.07, 6.45) is 0.725. The molecule has 0 aliphatic carbocycles. The molecule has 0 atom stereocenters. The van der Waals surface area contributed by atoms with Crippen molar-refractivity contribution in [2.75, 3.05) is 0 Å².